The number of ether oxygens (including phenoxy) is 1. The Morgan fingerprint density at radius 2 is 1.64 bits per heavy atom. The molecule has 0 aliphatic heterocycles. The van der Waals surface area contributed by atoms with Gasteiger partial charge in [0, 0.05) is 5.39 Å². The first-order valence-electron chi connectivity index (χ1n) is 8.53. The molecule has 0 fully saturated rings. The van der Waals surface area contributed by atoms with Crippen molar-refractivity contribution >= 4 is 27.3 Å². The molecule has 28 heavy (non-hydrogen) atoms. The molecule has 2 aromatic carbocycles. The van der Waals surface area contributed by atoms with Crippen molar-refractivity contribution in [2.75, 3.05) is 0 Å². The second-order valence-electron chi connectivity index (χ2n) is 6.13. The Morgan fingerprint density at radius 3 is 2.32 bits per heavy atom. The van der Waals surface area contributed by atoms with E-state index in [0.29, 0.717) is 24.0 Å². The second kappa shape index (κ2) is 7.28. The zero-order valence-electron chi connectivity index (χ0n) is 14.7. The lowest BCUT2D eigenvalue weighted by Crippen LogP contribution is -2.15. The number of nitrogens with zero attached hydrogens (tertiary/aromatic N) is 2. The molecule has 0 saturated carbocycles. The van der Waals surface area contributed by atoms with Crippen molar-refractivity contribution in [3.05, 3.63) is 90.3 Å². The second-order valence-corrected chi connectivity index (χ2v) is 7.91. The van der Waals surface area contributed by atoms with Crippen molar-refractivity contribution in [3.63, 3.8) is 0 Å². The molecular formula is C21H16N2O4S. The summed E-state index contributed by atoms with van der Waals surface area (Å²) in [5, 5.41) is 0.507. The third-order valence-electron chi connectivity index (χ3n) is 4.25. The Kier molecular flexibility index (Phi) is 4.67. The number of hydrogen-bond acceptors (Lipinski definition) is 5. The molecule has 2 aromatic heterocycles. The van der Waals surface area contributed by atoms with Crippen LogP contribution in [0.2, 0.25) is 0 Å². The number of fused-ring (bicyclic) bond motifs is 1. The quantitative estimate of drug-likeness (QED) is 0.468. The Balaban J connectivity index is 1.73. The molecule has 0 saturated heterocycles. The largest absolute Gasteiger partial charge is 0.487 e. The molecule has 0 unspecified atom stereocenters. The molecule has 0 atom stereocenters. The maximum Gasteiger partial charge on any atom is 0.270 e. The summed E-state index contributed by atoms with van der Waals surface area (Å²) in [5.74, 6) is 0.489. The number of benzene rings is 2. The molecule has 0 aliphatic carbocycles. The minimum Gasteiger partial charge on any atom is -0.487 e. The van der Waals surface area contributed by atoms with Gasteiger partial charge < -0.3 is 4.74 Å². The van der Waals surface area contributed by atoms with Crippen LogP contribution in [0, 0.1) is 0 Å². The average Bonchev–Trinajstić information content (AvgIpc) is 3.12. The lowest BCUT2D eigenvalue weighted by molar-refractivity contribution is 0.111. The minimum atomic E-state index is -3.95. The highest BCUT2D eigenvalue weighted by atomic mass is 32.2. The summed E-state index contributed by atoms with van der Waals surface area (Å²) in [6.45, 7) is 0.359. The van der Waals surface area contributed by atoms with Crippen LogP contribution in [0.4, 0.5) is 0 Å². The van der Waals surface area contributed by atoms with Crippen LogP contribution in [0.15, 0.2) is 83.9 Å². The number of aromatic nitrogens is 2. The highest BCUT2D eigenvalue weighted by molar-refractivity contribution is 7.90. The zero-order valence-corrected chi connectivity index (χ0v) is 15.5. The lowest BCUT2D eigenvalue weighted by atomic mass is 10.2. The van der Waals surface area contributed by atoms with Crippen molar-refractivity contribution in [1.82, 2.24) is 8.96 Å². The minimum absolute atomic E-state index is 0.00608. The first kappa shape index (κ1) is 17.9. The fourth-order valence-corrected chi connectivity index (χ4v) is 4.39. The van der Waals surface area contributed by atoms with Gasteiger partial charge in [-0.1, -0.05) is 48.5 Å². The number of carbonyl (C=O) groups is 1. The normalized spacial score (nSPS) is 11.4. The first-order chi connectivity index (χ1) is 13.6. The van der Waals surface area contributed by atoms with Crippen LogP contribution in [-0.4, -0.2) is 23.7 Å². The lowest BCUT2D eigenvalue weighted by Gasteiger charge is -2.09. The van der Waals surface area contributed by atoms with Crippen molar-refractivity contribution in [2.45, 2.75) is 11.5 Å². The number of aldehydes is 1. The molecule has 0 bridgehead atoms. The predicted octanol–water partition coefficient (Wildman–Crippen LogP) is 3.66. The van der Waals surface area contributed by atoms with E-state index in [-0.39, 0.29) is 16.2 Å². The summed E-state index contributed by atoms with van der Waals surface area (Å²) in [4.78, 5) is 15.9. The van der Waals surface area contributed by atoms with E-state index in [1.54, 1.807) is 24.3 Å². The zero-order chi connectivity index (χ0) is 19.6. The molecule has 140 valence electrons. The van der Waals surface area contributed by atoms with E-state index in [4.69, 9.17) is 4.74 Å². The summed E-state index contributed by atoms with van der Waals surface area (Å²) < 4.78 is 32.7. The van der Waals surface area contributed by atoms with Gasteiger partial charge in [0.25, 0.3) is 10.0 Å². The number of pyridine rings is 1. The van der Waals surface area contributed by atoms with Crippen molar-refractivity contribution in [3.8, 4) is 5.75 Å². The summed E-state index contributed by atoms with van der Waals surface area (Å²) in [6, 6.07) is 20.8. The van der Waals surface area contributed by atoms with Gasteiger partial charge in [0.05, 0.1) is 16.8 Å². The highest BCUT2D eigenvalue weighted by Gasteiger charge is 2.23. The van der Waals surface area contributed by atoms with Crippen LogP contribution in [0.25, 0.3) is 11.0 Å². The van der Waals surface area contributed by atoms with Crippen LogP contribution in [0.3, 0.4) is 0 Å². The van der Waals surface area contributed by atoms with Crippen LogP contribution < -0.4 is 4.74 Å². The number of carbonyl (C=O) groups excluding carboxylic acids is 1. The monoisotopic (exact) mass is 392 g/mol. The van der Waals surface area contributed by atoms with E-state index in [2.05, 4.69) is 4.98 Å². The van der Waals surface area contributed by atoms with Gasteiger partial charge in [0.2, 0.25) is 0 Å². The van der Waals surface area contributed by atoms with Gasteiger partial charge in [0.15, 0.2) is 11.9 Å². The number of hydrogen-bond donors (Lipinski definition) is 0. The van der Waals surface area contributed by atoms with Gasteiger partial charge in [-0.05, 0) is 29.8 Å². The molecule has 4 rings (SSSR count). The van der Waals surface area contributed by atoms with Crippen molar-refractivity contribution in [1.29, 1.82) is 0 Å². The fourth-order valence-electron chi connectivity index (χ4n) is 2.92. The van der Waals surface area contributed by atoms with E-state index >= 15 is 0 Å². The summed E-state index contributed by atoms with van der Waals surface area (Å²) in [7, 11) is -3.95. The smallest absolute Gasteiger partial charge is 0.270 e. The van der Waals surface area contributed by atoms with Crippen LogP contribution in [-0.2, 0) is 16.6 Å². The van der Waals surface area contributed by atoms with E-state index < -0.39 is 10.0 Å². The summed E-state index contributed by atoms with van der Waals surface area (Å²) >= 11 is 0. The van der Waals surface area contributed by atoms with E-state index in [9.17, 15) is 13.2 Å². The molecule has 2 heterocycles. The van der Waals surface area contributed by atoms with Crippen molar-refractivity contribution < 1.29 is 17.9 Å². The molecule has 0 amide bonds. The van der Waals surface area contributed by atoms with E-state index in [1.165, 1.54) is 24.4 Å². The molecule has 7 heteroatoms. The van der Waals surface area contributed by atoms with Crippen LogP contribution >= 0.6 is 0 Å². The SMILES string of the molecule is O=Cc1cc2cc(OCc3ccccc3)cnc2n1S(=O)(=O)c1ccccc1. The first-order valence-corrected chi connectivity index (χ1v) is 9.97. The van der Waals surface area contributed by atoms with Crippen molar-refractivity contribution in [2.24, 2.45) is 0 Å². The molecule has 4 aromatic rings. The van der Waals surface area contributed by atoms with Crippen LogP contribution in [0.1, 0.15) is 16.1 Å². The van der Waals surface area contributed by atoms with Gasteiger partial charge in [-0.3, -0.25) is 4.79 Å². The molecule has 6 nitrogen and oxygen atoms in total. The third-order valence-corrected chi connectivity index (χ3v) is 5.98. The van der Waals surface area contributed by atoms with Gasteiger partial charge in [-0.15, -0.1) is 0 Å². The maximum atomic E-state index is 13.0. The van der Waals surface area contributed by atoms with Gasteiger partial charge >= 0.3 is 0 Å². The summed E-state index contributed by atoms with van der Waals surface area (Å²) in [6.07, 6.45) is 1.96. The molecule has 0 radical (unpaired) electrons. The Hall–Kier alpha value is -3.45. The molecular weight excluding hydrogens is 376 g/mol. The third kappa shape index (κ3) is 3.27. The Bertz CT molecular complexity index is 1230. The average molecular weight is 392 g/mol. The van der Waals surface area contributed by atoms with Crippen LogP contribution in [0.5, 0.6) is 5.75 Å². The topological polar surface area (TPSA) is 78.3 Å². The fraction of sp³-hybridized carbons (Fsp3) is 0.0476. The molecule has 0 N–H and O–H groups in total. The maximum absolute atomic E-state index is 13.0. The predicted molar refractivity (Wildman–Crippen MR) is 105 cm³/mol. The number of rotatable bonds is 6. The molecule has 0 aliphatic rings. The van der Waals surface area contributed by atoms with Gasteiger partial charge in [-0.25, -0.2) is 17.4 Å². The summed E-state index contributed by atoms with van der Waals surface area (Å²) in [5.41, 5.74) is 1.19. The van der Waals surface area contributed by atoms with Gasteiger partial charge in [0.1, 0.15) is 12.4 Å². The molecule has 0 spiro atoms. The Morgan fingerprint density at radius 1 is 0.964 bits per heavy atom. The standard InChI is InChI=1S/C21H16N2O4S/c24-14-18-11-17-12-19(27-15-16-7-3-1-4-8-16)13-22-21(17)23(18)28(25,26)20-9-5-2-6-10-20/h1-14H,15H2. The highest BCUT2D eigenvalue weighted by Crippen LogP contribution is 2.26. The Labute approximate surface area is 162 Å². The van der Waals surface area contributed by atoms with E-state index in [1.807, 2.05) is 30.3 Å². The van der Waals surface area contributed by atoms with Gasteiger partial charge in [-0.2, -0.15) is 0 Å². The van der Waals surface area contributed by atoms with E-state index in [0.717, 1.165) is 9.54 Å².